The van der Waals surface area contributed by atoms with Gasteiger partial charge in [-0.3, -0.25) is 4.79 Å². The van der Waals surface area contributed by atoms with Gasteiger partial charge in [0.2, 0.25) is 0 Å². The molecule has 0 atom stereocenters. The van der Waals surface area contributed by atoms with Gasteiger partial charge in [-0.05, 0) is 73.0 Å². The molecule has 6 nitrogen and oxygen atoms in total. The number of methoxy groups -OCH3 is 1. The number of nitriles is 1. The number of benzene rings is 4. The minimum absolute atomic E-state index is 0.0370. The summed E-state index contributed by atoms with van der Waals surface area (Å²) in [4.78, 5) is 12.8. The van der Waals surface area contributed by atoms with Gasteiger partial charge < -0.3 is 19.5 Å². The molecule has 0 fully saturated rings. The van der Waals surface area contributed by atoms with E-state index in [-0.39, 0.29) is 5.57 Å². The molecule has 0 aliphatic rings. The van der Waals surface area contributed by atoms with Gasteiger partial charge in [0.1, 0.15) is 30.6 Å². The lowest BCUT2D eigenvalue weighted by Crippen LogP contribution is -2.13. The number of rotatable bonds is 10. The number of nitrogens with zero attached hydrogens (tertiary/aromatic N) is 1. The van der Waals surface area contributed by atoms with Crippen molar-refractivity contribution < 1.29 is 19.0 Å². The molecule has 1 N–H and O–H groups in total. The largest absolute Gasteiger partial charge is 0.493 e. The fourth-order valence-electron chi connectivity index (χ4n) is 3.74. The normalized spacial score (nSPS) is 10.9. The van der Waals surface area contributed by atoms with E-state index in [0.717, 1.165) is 11.1 Å². The number of hydrogen-bond acceptors (Lipinski definition) is 5. The van der Waals surface area contributed by atoms with E-state index in [1.807, 2.05) is 68.4 Å². The van der Waals surface area contributed by atoms with Crippen LogP contribution in [0.5, 0.6) is 17.2 Å². The highest BCUT2D eigenvalue weighted by molar-refractivity contribution is 6.09. The van der Waals surface area contributed by atoms with Crippen molar-refractivity contribution in [3.05, 3.63) is 124 Å². The predicted octanol–water partition coefficient (Wildman–Crippen LogP) is 7.02. The van der Waals surface area contributed by atoms with E-state index < -0.39 is 5.91 Å². The fraction of sp³-hybridized carbons (Fsp3) is 0.152. The van der Waals surface area contributed by atoms with Gasteiger partial charge in [-0.2, -0.15) is 5.26 Å². The lowest BCUT2D eigenvalue weighted by molar-refractivity contribution is -0.112. The summed E-state index contributed by atoms with van der Waals surface area (Å²) in [5, 5.41) is 12.4. The van der Waals surface area contributed by atoms with Crippen LogP contribution in [0.25, 0.3) is 6.08 Å². The Labute approximate surface area is 229 Å². The Hall–Kier alpha value is -5.02. The molecule has 0 heterocycles. The fourth-order valence-corrected chi connectivity index (χ4v) is 3.74. The first kappa shape index (κ1) is 27.0. The summed E-state index contributed by atoms with van der Waals surface area (Å²) in [5.41, 5.74) is 5.66. The first-order chi connectivity index (χ1) is 18.9. The summed E-state index contributed by atoms with van der Waals surface area (Å²) in [5.74, 6) is 1.25. The summed E-state index contributed by atoms with van der Waals surface area (Å²) in [6.45, 7) is 4.93. The van der Waals surface area contributed by atoms with Crippen LogP contribution in [0, 0.1) is 25.2 Å². The van der Waals surface area contributed by atoms with Crippen LogP contribution in [0.15, 0.2) is 96.6 Å². The number of aryl methyl sites for hydroxylation is 2. The molecule has 0 bridgehead atoms. The van der Waals surface area contributed by atoms with Crippen LogP contribution in [-0.2, 0) is 18.0 Å². The summed E-state index contributed by atoms with van der Waals surface area (Å²) in [7, 11) is 1.55. The van der Waals surface area contributed by atoms with Crippen molar-refractivity contribution in [2.24, 2.45) is 0 Å². The molecule has 6 heteroatoms. The molecule has 0 unspecified atom stereocenters. The van der Waals surface area contributed by atoms with E-state index in [0.29, 0.717) is 41.7 Å². The number of amides is 1. The second-order valence-corrected chi connectivity index (χ2v) is 9.11. The summed E-state index contributed by atoms with van der Waals surface area (Å²) in [6.07, 6.45) is 1.51. The highest BCUT2D eigenvalue weighted by Gasteiger charge is 2.12. The van der Waals surface area contributed by atoms with Crippen molar-refractivity contribution >= 4 is 17.7 Å². The number of ether oxygens (including phenoxy) is 3. The Bertz CT molecular complexity index is 1480. The Morgan fingerprint density at radius 1 is 0.795 bits per heavy atom. The van der Waals surface area contributed by atoms with Crippen LogP contribution in [0.2, 0.25) is 0 Å². The number of nitrogens with one attached hydrogen (secondary N) is 1. The van der Waals surface area contributed by atoms with E-state index in [9.17, 15) is 10.1 Å². The maximum Gasteiger partial charge on any atom is 0.266 e. The molecular formula is C33H30N2O4. The Kier molecular flexibility index (Phi) is 8.99. The van der Waals surface area contributed by atoms with Gasteiger partial charge in [-0.15, -0.1) is 0 Å². The number of hydrogen-bond donors (Lipinski definition) is 1. The van der Waals surface area contributed by atoms with Crippen molar-refractivity contribution in [3.8, 4) is 23.3 Å². The third-order valence-corrected chi connectivity index (χ3v) is 6.02. The van der Waals surface area contributed by atoms with Gasteiger partial charge in [0, 0.05) is 5.69 Å². The van der Waals surface area contributed by atoms with Crippen LogP contribution < -0.4 is 19.5 Å². The van der Waals surface area contributed by atoms with Gasteiger partial charge in [0.05, 0.1) is 7.11 Å². The lowest BCUT2D eigenvalue weighted by atomic mass is 10.1. The highest BCUT2D eigenvalue weighted by Crippen LogP contribution is 2.30. The first-order valence-electron chi connectivity index (χ1n) is 12.5. The minimum atomic E-state index is -0.510. The molecule has 0 spiro atoms. The van der Waals surface area contributed by atoms with E-state index >= 15 is 0 Å². The standard InChI is InChI=1S/C33H30N2O4/c1-23-4-8-25(9-5-23)21-38-30-15-13-29(14-16-30)35-33(36)28(20-34)18-27-12-17-31(32(19-27)37-3)39-22-26-10-6-24(2)7-11-26/h4-19H,21-22H2,1-3H3,(H,35,36)/b28-18+. The van der Waals surface area contributed by atoms with E-state index in [1.165, 1.54) is 17.2 Å². The quantitative estimate of drug-likeness (QED) is 0.180. The number of anilines is 1. The molecule has 4 aromatic carbocycles. The van der Waals surface area contributed by atoms with Crippen molar-refractivity contribution in [3.63, 3.8) is 0 Å². The molecule has 196 valence electrons. The van der Waals surface area contributed by atoms with Crippen LogP contribution in [0.1, 0.15) is 27.8 Å². The summed E-state index contributed by atoms with van der Waals surface area (Å²) < 4.78 is 17.2. The zero-order valence-corrected chi connectivity index (χ0v) is 22.2. The maximum absolute atomic E-state index is 12.8. The highest BCUT2D eigenvalue weighted by atomic mass is 16.5. The second-order valence-electron chi connectivity index (χ2n) is 9.11. The molecule has 0 saturated heterocycles. The van der Waals surface area contributed by atoms with Crippen LogP contribution in [-0.4, -0.2) is 13.0 Å². The monoisotopic (exact) mass is 518 g/mol. The molecule has 1 amide bonds. The van der Waals surface area contributed by atoms with Gasteiger partial charge in [0.15, 0.2) is 11.5 Å². The second kappa shape index (κ2) is 13.0. The topological polar surface area (TPSA) is 80.6 Å². The average Bonchev–Trinajstić information content (AvgIpc) is 2.96. The van der Waals surface area contributed by atoms with Crippen LogP contribution in [0.3, 0.4) is 0 Å². The van der Waals surface area contributed by atoms with Crippen LogP contribution >= 0.6 is 0 Å². The van der Waals surface area contributed by atoms with E-state index in [1.54, 1.807) is 49.6 Å². The minimum Gasteiger partial charge on any atom is -0.493 e. The third kappa shape index (κ3) is 7.73. The van der Waals surface area contributed by atoms with Crippen molar-refractivity contribution in [2.45, 2.75) is 27.1 Å². The zero-order chi connectivity index (χ0) is 27.6. The zero-order valence-electron chi connectivity index (χ0n) is 22.2. The van der Waals surface area contributed by atoms with E-state index in [4.69, 9.17) is 14.2 Å². The molecule has 0 saturated carbocycles. The molecular weight excluding hydrogens is 488 g/mol. The molecule has 4 rings (SSSR count). The van der Waals surface area contributed by atoms with Gasteiger partial charge in [-0.1, -0.05) is 65.7 Å². The Morgan fingerprint density at radius 2 is 1.38 bits per heavy atom. The number of carbonyl (C=O) groups is 1. The molecule has 4 aromatic rings. The first-order valence-corrected chi connectivity index (χ1v) is 12.5. The van der Waals surface area contributed by atoms with Gasteiger partial charge >= 0.3 is 0 Å². The van der Waals surface area contributed by atoms with Crippen molar-refractivity contribution in [1.29, 1.82) is 5.26 Å². The third-order valence-electron chi connectivity index (χ3n) is 6.02. The van der Waals surface area contributed by atoms with Crippen molar-refractivity contribution in [2.75, 3.05) is 12.4 Å². The van der Waals surface area contributed by atoms with Crippen LogP contribution in [0.4, 0.5) is 5.69 Å². The smallest absolute Gasteiger partial charge is 0.266 e. The molecule has 0 radical (unpaired) electrons. The predicted molar refractivity (Wildman–Crippen MR) is 153 cm³/mol. The average molecular weight is 519 g/mol. The summed E-state index contributed by atoms with van der Waals surface area (Å²) in [6, 6.07) is 30.5. The number of carbonyl (C=O) groups excluding carboxylic acids is 1. The molecule has 39 heavy (non-hydrogen) atoms. The Balaban J connectivity index is 1.37. The molecule has 0 aromatic heterocycles. The lowest BCUT2D eigenvalue weighted by Gasteiger charge is -2.12. The Morgan fingerprint density at radius 3 is 1.95 bits per heavy atom. The van der Waals surface area contributed by atoms with Crippen molar-refractivity contribution in [1.82, 2.24) is 0 Å². The maximum atomic E-state index is 12.8. The SMILES string of the molecule is COc1cc(/C=C(\C#N)C(=O)Nc2ccc(OCc3ccc(C)cc3)cc2)ccc1OCc1ccc(C)cc1. The summed E-state index contributed by atoms with van der Waals surface area (Å²) >= 11 is 0. The molecule has 0 aliphatic heterocycles. The molecule has 0 aliphatic carbocycles. The van der Waals surface area contributed by atoms with E-state index in [2.05, 4.69) is 5.32 Å². The van der Waals surface area contributed by atoms with Gasteiger partial charge in [0.25, 0.3) is 5.91 Å². The van der Waals surface area contributed by atoms with Gasteiger partial charge in [-0.25, -0.2) is 0 Å².